The lowest BCUT2D eigenvalue weighted by Gasteiger charge is -2.17. The van der Waals surface area contributed by atoms with Gasteiger partial charge >= 0.3 is 0 Å². The van der Waals surface area contributed by atoms with Crippen molar-refractivity contribution in [2.24, 2.45) is 0 Å². The van der Waals surface area contributed by atoms with Gasteiger partial charge in [0.15, 0.2) is 0 Å². The van der Waals surface area contributed by atoms with Gasteiger partial charge in [-0.15, -0.1) is 0 Å². The Balaban J connectivity index is 2.09. The maximum Gasteiger partial charge on any atom is 0.254 e. The summed E-state index contributed by atoms with van der Waals surface area (Å²) in [6.45, 7) is 0.534. The molecule has 2 N–H and O–H groups in total. The van der Waals surface area contributed by atoms with Crippen LogP contribution in [0.3, 0.4) is 0 Å². The Morgan fingerprint density at radius 2 is 2.00 bits per heavy atom. The quantitative estimate of drug-likeness (QED) is 0.835. The minimum absolute atomic E-state index is 0.0279. The van der Waals surface area contributed by atoms with E-state index >= 15 is 0 Å². The number of amides is 1. The third-order valence-electron chi connectivity index (χ3n) is 2.64. The predicted octanol–water partition coefficient (Wildman–Crippen LogP) is 1.94. The Kier molecular flexibility index (Phi) is 3.57. The van der Waals surface area contributed by atoms with E-state index in [1.54, 1.807) is 36.5 Å². The first kappa shape index (κ1) is 12.1. The lowest BCUT2D eigenvalue weighted by molar-refractivity contribution is 0.0785. The molecule has 0 atom stereocenters. The second-order valence-electron chi connectivity index (χ2n) is 4.14. The first-order valence-corrected chi connectivity index (χ1v) is 5.67. The SMILES string of the molecule is CN(Cc1cccc(N)c1)C(=O)c1ccncc1. The van der Waals surface area contributed by atoms with E-state index in [9.17, 15) is 4.79 Å². The molecule has 0 bridgehead atoms. The summed E-state index contributed by atoms with van der Waals surface area (Å²) in [5.74, 6) is -0.0279. The molecule has 0 aliphatic heterocycles. The van der Waals surface area contributed by atoms with E-state index in [1.165, 1.54) is 0 Å². The van der Waals surface area contributed by atoms with Gasteiger partial charge in [-0.3, -0.25) is 9.78 Å². The maximum atomic E-state index is 12.1. The first-order chi connectivity index (χ1) is 8.66. The van der Waals surface area contributed by atoms with Crippen LogP contribution in [0.4, 0.5) is 5.69 Å². The van der Waals surface area contributed by atoms with Crippen LogP contribution in [0.2, 0.25) is 0 Å². The van der Waals surface area contributed by atoms with Gasteiger partial charge in [-0.05, 0) is 29.8 Å². The van der Waals surface area contributed by atoms with E-state index in [-0.39, 0.29) is 5.91 Å². The van der Waals surface area contributed by atoms with Gasteiger partial charge in [0.05, 0.1) is 0 Å². The number of nitrogen functional groups attached to an aromatic ring is 1. The smallest absolute Gasteiger partial charge is 0.254 e. The van der Waals surface area contributed by atoms with Crippen molar-refractivity contribution in [2.75, 3.05) is 12.8 Å². The van der Waals surface area contributed by atoms with Crippen molar-refractivity contribution in [3.05, 3.63) is 59.9 Å². The standard InChI is InChI=1S/C14H15N3O/c1-17(10-11-3-2-4-13(15)9-11)14(18)12-5-7-16-8-6-12/h2-9H,10,15H2,1H3. The van der Waals surface area contributed by atoms with Gasteiger partial charge in [-0.25, -0.2) is 0 Å². The van der Waals surface area contributed by atoms with Crippen LogP contribution in [0.15, 0.2) is 48.8 Å². The summed E-state index contributed by atoms with van der Waals surface area (Å²) < 4.78 is 0. The lowest BCUT2D eigenvalue weighted by Crippen LogP contribution is -2.26. The van der Waals surface area contributed by atoms with Crippen LogP contribution >= 0.6 is 0 Å². The van der Waals surface area contributed by atoms with E-state index in [2.05, 4.69) is 4.98 Å². The van der Waals surface area contributed by atoms with Crippen LogP contribution < -0.4 is 5.73 Å². The summed E-state index contributed by atoms with van der Waals surface area (Å²) in [7, 11) is 1.77. The van der Waals surface area contributed by atoms with Crippen molar-refractivity contribution in [3.63, 3.8) is 0 Å². The van der Waals surface area contributed by atoms with Crippen molar-refractivity contribution >= 4 is 11.6 Å². The number of hydrogen-bond donors (Lipinski definition) is 1. The van der Waals surface area contributed by atoms with Gasteiger partial charge in [0.25, 0.3) is 5.91 Å². The normalized spacial score (nSPS) is 10.1. The third kappa shape index (κ3) is 2.85. The number of hydrogen-bond acceptors (Lipinski definition) is 3. The molecule has 0 radical (unpaired) electrons. The molecule has 0 aliphatic carbocycles. The fraction of sp³-hybridized carbons (Fsp3) is 0.143. The van der Waals surface area contributed by atoms with Gasteiger partial charge in [-0.1, -0.05) is 12.1 Å². The number of anilines is 1. The van der Waals surface area contributed by atoms with Crippen LogP contribution in [0, 0.1) is 0 Å². The molecular weight excluding hydrogens is 226 g/mol. The number of benzene rings is 1. The van der Waals surface area contributed by atoms with Gasteiger partial charge in [0, 0.05) is 37.2 Å². The predicted molar refractivity (Wildman–Crippen MR) is 70.9 cm³/mol. The average Bonchev–Trinajstić information content (AvgIpc) is 2.39. The summed E-state index contributed by atoms with van der Waals surface area (Å²) in [6, 6.07) is 10.9. The number of nitrogens with two attached hydrogens (primary N) is 1. The van der Waals surface area contributed by atoms with Crippen LogP contribution in [0.1, 0.15) is 15.9 Å². The molecule has 4 nitrogen and oxygen atoms in total. The molecule has 1 aromatic heterocycles. The summed E-state index contributed by atoms with van der Waals surface area (Å²) in [4.78, 5) is 17.7. The molecule has 2 rings (SSSR count). The molecule has 4 heteroatoms. The van der Waals surface area contributed by atoms with Crippen LogP contribution in [-0.2, 0) is 6.54 Å². The monoisotopic (exact) mass is 241 g/mol. The zero-order valence-electron chi connectivity index (χ0n) is 10.2. The van der Waals surface area contributed by atoms with Gasteiger partial charge in [-0.2, -0.15) is 0 Å². The molecule has 0 aliphatic rings. The Hall–Kier alpha value is -2.36. The number of carbonyl (C=O) groups is 1. The fourth-order valence-corrected chi connectivity index (χ4v) is 1.75. The van der Waals surface area contributed by atoms with Crippen molar-refractivity contribution in [2.45, 2.75) is 6.54 Å². The molecule has 0 saturated carbocycles. The highest BCUT2D eigenvalue weighted by Crippen LogP contribution is 2.10. The molecule has 2 aromatic rings. The Morgan fingerprint density at radius 3 is 2.67 bits per heavy atom. The molecular formula is C14H15N3O. The highest BCUT2D eigenvalue weighted by atomic mass is 16.2. The molecule has 0 fully saturated rings. The van der Waals surface area contributed by atoms with E-state index < -0.39 is 0 Å². The third-order valence-corrected chi connectivity index (χ3v) is 2.64. The molecule has 18 heavy (non-hydrogen) atoms. The van der Waals surface area contributed by atoms with E-state index in [4.69, 9.17) is 5.73 Å². The molecule has 0 spiro atoms. The van der Waals surface area contributed by atoms with Gasteiger partial charge < -0.3 is 10.6 Å². The molecule has 1 aromatic carbocycles. The molecule has 1 amide bonds. The number of rotatable bonds is 3. The lowest BCUT2D eigenvalue weighted by atomic mass is 10.1. The Labute approximate surface area is 106 Å². The van der Waals surface area contributed by atoms with Crippen molar-refractivity contribution in [1.82, 2.24) is 9.88 Å². The van der Waals surface area contributed by atoms with Crippen LogP contribution in [-0.4, -0.2) is 22.8 Å². The number of aromatic nitrogens is 1. The summed E-state index contributed by atoms with van der Waals surface area (Å²) in [5.41, 5.74) is 8.06. The highest BCUT2D eigenvalue weighted by Gasteiger charge is 2.11. The molecule has 1 heterocycles. The topological polar surface area (TPSA) is 59.2 Å². The van der Waals surface area contributed by atoms with Crippen LogP contribution in [0.25, 0.3) is 0 Å². The van der Waals surface area contributed by atoms with E-state index in [0.717, 1.165) is 5.56 Å². The molecule has 0 saturated heterocycles. The van der Waals surface area contributed by atoms with Crippen molar-refractivity contribution in [1.29, 1.82) is 0 Å². The largest absolute Gasteiger partial charge is 0.399 e. The highest BCUT2D eigenvalue weighted by molar-refractivity contribution is 5.93. The maximum absolute atomic E-state index is 12.1. The zero-order chi connectivity index (χ0) is 13.0. The molecule has 0 unspecified atom stereocenters. The Morgan fingerprint density at radius 1 is 1.28 bits per heavy atom. The number of nitrogens with zero attached hydrogens (tertiary/aromatic N) is 2. The van der Waals surface area contributed by atoms with Crippen molar-refractivity contribution < 1.29 is 4.79 Å². The minimum atomic E-state index is -0.0279. The van der Waals surface area contributed by atoms with Gasteiger partial charge in [0.2, 0.25) is 0 Å². The minimum Gasteiger partial charge on any atom is -0.399 e. The van der Waals surface area contributed by atoms with Gasteiger partial charge in [0.1, 0.15) is 0 Å². The summed E-state index contributed by atoms with van der Waals surface area (Å²) in [6.07, 6.45) is 3.23. The second kappa shape index (κ2) is 5.31. The van der Waals surface area contributed by atoms with Crippen LogP contribution in [0.5, 0.6) is 0 Å². The number of pyridine rings is 1. The average molecular weight is 241 g/mol. The first-order valence-electron chi connectivity index (χ1n) is 5.67. The van der Waals surface area contributed by atoms with Crippen molar-refractivity contribution in [3.8, 4) is 0 Å². The summed E-state index contributed by atoms with van der Waals surface area (Å²) in [5, 5.41) is 0. The summed E-state index contributed by atoms with van der Waals surface area (Å²) >= 11 is 0. The zero-order valence-corrected chi connectivity index (χ0v) is 10.2. The number of carbonyl (C=O) groups excluding carboxylic acids is 1. The van der Waals surface area contributed by atoms with E-state index in [1.807, 2.05) is 24.3 Å². The Bertz CT molecular complexity index is 540. The fourth-order valence-electron chi connectivity index (χ4n) is 1.75. The molecule has 92 valence electrons. The second-order valence-corrected chi connectivity index (χ2v) is 4.14. The van der Waals surface area contributed by atoms with E-state index in [0.29, 0.717) is 17.8 Å².